The van der Waals surface area contributed by atoms with Gasteiger partial charge in [-0.3, -0.25) is 10.1 Å². The van der Waals surface area contributed by atoms with Crippen molar-refractivity contribution in [2.24, 2.45) is 0 Å². The SMILES string of the molecule is CCCNc1cc(Sc2ncccn2)cc([N+](=O)[O-])c1. The molecule has 0 saturated carbocycles. The van der Waals surface area contributed by atoms with Crippen molar-refractivity contribution in [2.75, 3.05) is 11.9 Å². The Kier molecular flexibility index (Phi) is 4.89. The van der Waals surface area contributed by atoms with Crippen LogP contribution in [0.15, 0.2) is 46.7 Å². The predicted molar refractivity (Wildman–Crippen MR) is 78.0 cm³/mol. The van der Waals surface area contributed by atoms with Gasteiger partial charge in [-0.15, -0.1) is 0 Å². The summed E-state index contributed by atoms with van der Waals surface area (Å²) in [5.74, 6) is 0. The molecule has 1 aromatic heterocycles. The van der Waals surface area contributed by atoms with Gasteiger partial charge in [-0.1, -0.05) is 6.92 Å². The van der Waals surface area contributed by atoms with Crippen molar-refractivity contribution in [3.05, 3.63) is 46.8 Å². The number of nitrogens with one attached hydrogen (secondary N) is 1. The number of non-ortho nitro benzene ring substituents is 1. The van der Waals surface area contributed by atoms with Crippen molar-refractivity contribution in [2.45, 2.75) is 23.4 Å². The first-order valence-electron chi connectivity index (χ1n) is 6.17. The Morgan fingerprint density at radius 3 is 2.70 bits per heavy atom. The lowest BCUT2D eigenvalue weighted by Crippen LogP contribution is -2.00. The molecule has 0 unspecified atom stereocenters. The summed E-state index contributed by atoms with van der Waals surface area (Å²) < 4.78 is 0. The first-order valence-corrected chi connectivity index (χ1v) is 6.99. The zero-order chi connectivity index (χ0) is 14.4. The van der Waals surface area contributed by atoms with Crippen molar-refractivity contribution in [1.29, 1.82) is 0 Å². The summed E-state index contributed by atoms with van der Waals surface area (Å²) in [5, 5.41) is 14.7. The molecule has 0 atom stereocenters. The summed E-state index contributed by atoms with van der Waals surface area (Å²) >= 11 is 1.30. The largest absolute Gasteiger partial charge is 0.385 e. The quantitative estimate of drug-likeness (QED) is 0.499. The highest BCUT2D eigenvalue weighted by atomic mass is 32.2. The van der Waals surface area contributed by atoms with Gasteiger partial charge in [0.05, 0.1) is 4.92 Å². The molecule has 104 valence electrons. The lowest BCUT2D eigenvalue weighted by atomic mass is 10.2. The molecule has 0 aliphatic carbocycles. The maximum absolute atomic E-state index is 11.0. The number of nitrogens with zero attached hydrogens (tertiary/aromatic N) is 3. The summed E-state index contributed by atoms with van der Waals surface area (Å²) in [6.45, 7) is 2.81. The molecule has 0 aliphatic rings. The molecule has 2 aromatic rings. The standard InChI is InChI=1S/C13H14N4O2S/c1-2-4-14-10-7-11(17(18)19)9-12(8-10)20-13-15-5-3-6-16-13/h3,5-9,14H,2,4H2,1H3. The van der Waals surface area contributed by atoms with Crippen LogP contribution in [0.1, 0.15) is 13.3 Å². The summed E-state index contributed by atoms with van der Waals surface area (Å²) in [4.78, 5) is 19.5. The second-order valence-electron chi connectivity index (χ2n) is 4.03. The smallest absolute Gasteiger partial charge is 0.272 e. The van der Waals surface area contributed by atoms with Crippen LogP contribution < -0.4 is 5.32 Å². The van der Waals surface area contributed by atoms with Crippen LogP contribution in [0.5, 0.6) is 0 Å². The van der Waals surface area contributed by atoms with Crippen LogP contribution in [0.4, 0.5) is 11.4 Å². The van der Waals surface area contributed by atoms with E-state index in [0.717, 1.165) is 23.5 Å². The van der Waals surface area contributed by atoms with Crippen molar-refractivity contribution in [3.8, 4) is 0 Å². The number of aromatic nitrogens is 2. The lowest BCUT2D eigenvalue weighted by Gasteiger charge is -2.07. The summed E-state index contributed by atoms with van der Waals surface area (Å²) in [7, 11) is 0. The highest BCUT2D eigenvalue weighted by Gasteiger charge is 2.11. The van der Waals surface area contributed by atoms with Gasteiger partial charge in [-0.2, -0.15) is 0 Å². The molecule has 2 rings (SSSR count). The Bertz CT molecular complexity index is 592. The van der Waals surface area contributed by atoms with Crippen molar-refractivity contribution >= 4 is 23.1 Å². The average Bonchev–Trinajstić information content (AvgIpc) is 2.46. The summed E-state index contributed by atoms with van der Waals surface area (Å²) in [6.07, 6.45) is 4.23. The fraction of sp³-hybridized carbons (Fsp3) is 0.231. The van der Waals surface area contributed by atoms with Gasteiger partial charge in [0.2, 0.25) is 0 Å². The van der Waals surface area contributed by atoms with Crippen LogP contribution in [0.3, 0.4) is 0 Å². The molecule has 0 spiro atoms. The van der Waals surface area contributed by atoms with E-state index in [-0.39, 0.29) is 5.69 Å². The van der Waals surface area contributed by atoms with E-state index < -0.39 is 4.92 Å². The minimum Gasteiger partial charge on any atom is -0.385 e. The molecule has 1 heterocycles. The van der Waals surface area contributed by atoms with Gasteiger partial charge in [0.1, 0.15) is 0 Å². The van der Waals surface area contributed by atoms with Gasteiger partial charge in [0, 0.05) is 41.7 Å². The maximum atomic E-state index is 11.0. The number of nitro benzene ring substituents is 1. The van der Waals surface area contributed by atoms with Crippen LogP contribution in [-0.4, -0.2) is 21.4 Å². The van der Waals surface area contributed by atoms with Gasteiger partial charge in [0.25, 0.3) is 5.69 Å². The molecular formula is C13H14N4O2S. The zero-order valence-electron chi connectivity index (χ0n) is 10.9. The van der Waals surface area contributed by atoms with Gasteiger partial charge < -0.3 is 5.32 Å². The summed E-state index contributed by atoms with van der Waals surface area (Å²) in [6, 6.07) is 6.65. The highest BCUT2D eigenvalue weighted by molar-refractivity contribution is 7.99. The molecular weight excluding hydrogens is 276 g/mol. The van der Waals surface area contributed by atoms with Crippen LogP contribution >= 0.6 is 11.8 Å². The van der Waals surface area contributed by atoms with Gasteiger partial charge in [0.15, 0.2) is 5.16 Å². The van der Waals surface area contributed by atoms with Gasteiger partial charge in [-0.05, 0) is 30.3 Å². The number of hydrogen-bond acceptors (Lipinski definition) is 6. The molecule has 1 aromatic carbocycles. The topological polar surface area (TPSA) is 81.0 Å². The fourth-order valence-corrected chi connectivity index (χ4v) is 2.37. The minimum absolute atomic E-state index is 0.0598. The molecule has 0 saturated heterocycles. The Morgan fingerprint density at radius 1 is 1.30 bits per heavy atom. The first kappa shape index (κ1) is 14.3. The number of hydrogen-bond donors (Lipinski definition) is 1. The molecule has 1 N–H and O–H groups in total. The molecule has 0 fully saturated rings. The third kappa shape index (κ3) is 3.92. The van der Waals surface area contributed by atoms with E-state index in [9.17, 15) is 10.1 Å². The van der Waals surface area contributed by atoms with Crippen molar-refractivity contribution in [3.63, 3.8) is 0 Å². The van der Waals surface area contributed by atoms with E-state index in [1.165, 1.54) is 23.9 Å². The van der Waals surface area contributed by atoms with E-state index in [0.29, 0.717) is 5.16 Å². The number of anilines is 1. The molecule has 0 aliphatic heterocycles. The van der Waals surface area contributed by atoms with E-state index in [1.54, 1.807) is 18.5 Å². The number of rotatable bonds is 6. The second kappa shape index (κ2) is 6.85. The number of benzene rings is 1. The highest BCUT2D eigenvalue weighted by Crippen LogP contribution is 2.30. The maximum Gasteiger partial charge on any atom is 0.272 e. The molecule has 0 radical (unpaired) electrons. The lowest BCUT2D eigenvalue weighted by molar-refractivity contribution is -0.385. The second-order valence-corrected chi connectivity index (χ2v) is 5.07. The number of nitro groups is 1. The molecule has 6 nitrogen and oxygen atoms in total. The summed E-state index contributed by atoms with van der Waals surface area (Å²) in [5.41, 5.74) is 0.795. The van der Waals surface area contributed by atoms with Crippen LogP contribution in [-0.2, 0) is 0 Å². The molecule has 0 amide bonds. The zero-order valence-corrected chi connectivity index (χ0v) is 11.8. The molecule has 20 heavy (non-hydrogen) atoms. The molecule has 0 bridgehead atoms. The van der Waals surface area contributed by atoms with Gasteiger partial charge >= 0.3 is 0 Å². The average molecular weight is 290 g/mol. The van der Waals surface area contributed by atoms with E-state index in [4.69, 9.17) is 0 Å². The van der Waals surface area contributed by atoms with Crippen LogP contribution in [0.2, 0.25) is 0 Å². The van der Waals surface area contributed by atoms with Gasteiger partial charge in [-0.25, -0.2) is 9.97 Å². The minimum atomic E-state index is -0.396. The van der Waals surface area contributed by atoms with E-state index in [2.05, 4.69) is 15.3 Å². The Labute approximate surface area is 120 Å². The third-order valence-corrected chi connectivity index (χ3v) is 3.30. The van der Waals surface area contributed by atoms with Crippen molar-refractivity contribution in [1.82, 2.24) is 9.97 Å². The third-order valence-electron chi connectivity index (χ3n) is 2.43. The Balaban J connectivity index is 2.26. The van der Waals surface area contributed by atoms with Crippen molar-refractivity contribution < 1.29 is 4.92 Å². The van der Waals surface area contributed by atoms with Crippen LogP contribution in [0, 0.1) is 10.1 Å². The monoisotopic (exact) mass is 290 g/mol. The predicted octanol–water partition coefficient (Wildman–Crippen LogP) is 3.36. The Morgan fingerprint density at radius 2 is 2.05 bits per heavy atom. The fourth-order valence-electron chi connectivity index (χ4n) is 1.56. The normalized spacial score (nSPS) is 10.2. The first-order chi connectivity index (χ1) is 9.69. The van der Waals surface area contributed by atoms with E-state index in [1.807, 2.05) is 13.0 Å². The Hall–Kier alpha value is -2.15. The van der Waals surface area contributed by atoms with Crippen LogP contribution in [0.25, 0.3) is 0 Å². The van der Waals surface area contributed by atoms with E-state index >= 15 is 0 Å². The molecule has 7 heteroatoms.